The van der Waals surface area contributed by atoms with E-state index in [2.05, 4.69) is 24.3 Å². The molecule has 0 aliphatic heterocycles. The molecule has 0 aromatic carbocycles. The summed E-state index contributed by atoms with van der Waals surface area (Å²) in [4.78, 5) is 11.4. The Balaban J connectivity index is 1.71. The number of rotatable bonds is 8. The summed E-state index contributed by atoms with van der Waals surface area (Å²) in [6.07, 6.45) is 12.6. The van der Waals surface area contributed by atoms with Gasteiger partial charge < -0.3 is 9.84 Å². The quantitative estimate of drug-likeness (QED) is 0.356. The number of hydrogen-bond acceptors (Lipinski definition) is 3. The van der Waals surface area contributed by atoms with Crippen LogP contribution >= 0.6 is 0 Å². The van der Waals surface area contributed by atoms with Gasteiger partial charge in [-0.3, -0.25) is 0 Å². The third-order valence-electron chi connectivity index (χ3n) is 8.83. The zero-order valence-electron chi connectivity index (χ0n) is 19.4. The molecule has 1 N–H and O–H groups in total. The minimum Gasteiger partial charge on any atom is -0.465 e. The lowest BCUT2D eigenvalue weighted by Crippen LogP contribution is -2.44. The summed E-state index contributed by atoms with van der Waals surface area (Å²) in [5, 5.41) is 10.2. The average molecular weight is 439 g/mol. The fraction of sp³-hybridized carbons (Fsp3) is 0.808. The highest BCUT2D eigenvalue weighted by atomic mass is 19.3. The maximum absolute atomic E-state index is 14.1. The number of aliphatic hydroxyl groups excluding tert-OH is 1. The van der Waals surface area contributed by atoms with Gasteiger partial charge in [-0.1, -0.05) is 31.6 Å². The van der Waals surface area contributed by atoms with E-state index in [4.69, 9.17) is 0 Å². The molecule has 3 nitrogen and oxygen atoms in total. The molecular weight excluding hydrogens is 398 g/mol. The van der Waals surface area contributed by atoms with Gasteiger partial charge in [0.2, 0.25) is 0 Å². The van der Waals surface area contributed by atoms with Crippen LogP contribution in [0.1, 0.15) is 78.1 Å². The first-order valence-corrected chi connectivity index (χ1v) is 12.1. The highest BCUT2D eigenvalue weighted by Gasteiger charge is 2.50. The molecule has 2 fully saturated rings. The van der Waals surface area contributed by atoms with Crippen molar-refractivity contribution >= 4 is 5.97 Å². The van der Waals surface area contributed by atoms with Gasteiger partial charge in [-0.05, 0) is 92.8 Å². The van der Waals surface area contributed by atoms with Crippen molar-refractivity contribution < 1.29 is 23.4 Å². The second-order valence-electron chi connectivity index (χ2n) is 10.6. The zero-order chi connectivity index (χ0) is 22.8. The van der Waals surface area contributed by atoms with Crippen LogP contribution in [0.25, 0.3) is 0 Å². The molecule has 3 rings (SSSR count). The number of hydrogen-bond donors (Lipinski definition) is 1. The standard InChI is InChI=1S/C26H40F2O3/c1-5-6-7-23-22(11-10-20-15-21(29)12-13-25(20,23)3)19-9-8-18(14-19)17(2)16-26(27,28)24(30)31-4/h5,10,17-19,21-23,29H,1,6-9,11-16H2,2-4H3/t17-,18+,19-,21+,22+,23+,25+/m1/s1. The normalized spacial score (nSPS) is 37.0. The summed E-state index contributed by atoms with van der Waals surface area (Å²) in [6.45, 7) is 8.18. The van der Waals surface area contributed by atoms with E-state index in [9.17, 15) is 18.7 Å². The Kier molecular flexibility index (Phi) is 7.66. The molecule has 0 radical (unpaired) electrons. The minimum atomic E-state index is -3.41. The smallest absolute Gasteiger partial charge is 0.376 e. The number of carbonyl (C=O) groups excluding carboxylic acids is 1. The van der Waals surface area contributed by atoms with E-state index < -0.39 is 18.3 Å². The lowest BCUT2D eigenvalue weighted by molar-refractivity contribution is -0.171. The van der Waals surface area contributed by atoms with Gasteiger partial charge >= 0.3 is 11.9 Å². The Morgan fingerprint density at radius 3 is 2.84 bits per heavy atom. The average Bonchev–Trinajstić information content (AvgIpc) is 3.22. The van der Waals surface area contributed by atoms with Crippen molar-refractivity contribution in [3.63, 3.8) is 0 Å². The lowest BCUT2D eigenvalue weighted by Gasteiger charge is -2.52. The van der Waals surface area contributed by atoms with Crippen LogP contribution in [-0.2, 0) is 9.53 Å². The Hall–Kier alpha value is -1.23. The van der Waals surface area contributed by atoms with Crippen LogP contribution in [0.5, 0.6) is 0 Å². The van der Waals surface area contributed by atoms with Gasteiger partial charge in [-0.2, -0.15) is 8.78 Å². The van der Waals surface area contributed by atoms with Gasteiger partial charge in [-0.15, -0.1) is 6.58 Å². The molecule has 5 heteroatoms. The van der Waals surface area contributed by atoms with Gasteiger partial charge in [0, 0.05) is 6.42 Å². The van der Waals surface area contributed by atoms with E-state index in [-0.39, 0.29) is 23.4 Å². The van der Waals surface area contributed by atoms with Gasteiger partial charge in [0.25, 0.3) is 0 Å². The Labute approximate surface area is 186 Å². The van der Waals surface area contributed by atoms with Gasteiger partial charge in [0.05, 0.1) is 13.2 Å². The van der Waals surface area contributed by atoms with Crippen LogP contribution in [0.4, 0.5) is 8.78 Å². The summed E-state index contributed by atoms with van der Waals surface area (Å²) >= 11 is 0. The number of halogens is 2. The van der Waals surface area contributed by atoms with Crippen LogP contribution in [0, 0.1) is 35.0 Å². The molecule has 2 saturated carbocycles. The maximum Gasteiger partial charge on any atom is 0.376 e. The summed E-state index contributed by atoms with van der Waals surface area (Å²) in [5.41, 5.74) is 1.56. The minimum absolute atomic E-state index is 0.132. The number of ether oxygens (including phenoxy) is 1. The summed E-state index contributed by atoms with van der Waals surface area (Å²) in [7, 11) is 1.02. The fourth-order valence-electron chi connectivity index (χ4n) is 6.98. The van der Waals surface area contributed by atoms with Crippen LogP contribution < -0.4 is 0 Å². The van der Waals surface area contributed by atoms with Gasteiger partial charge in [-0.25, -0.2) is 4.79 Å². The van der Waals surface area contributed by atoms with Crippen LogP contribution in [0.2, 0.25) is 0 Å². The monoisotopic (exact) mass is 438 g/mol. The Morgan fingerprint density at radius 2 is 2.16 bits per heavy atom. The molecule has 0 heterocycles. The third kappa shape index (κ3) is 5.07. The second kappa shape index (κ2) is 9.72. The van der Waals surface area contributed by atoms with E-state index in [1.165, 1.54) is 5.57 Å². The van der Waals surface area contributed by atoms with Crippen LogP contribution in [0.15, 0.2) is 24.3 Å². The molecule has 3 aliphatic rings. The molecule has 7 atom stereocenters. The molecule has 0 spiro atoms. The Morgan fingerprint density at radius 1 is 1.42 bits per heavy atom. The van der Waals surface area contributed by atoms with Gasteiger partial charge in [0.15, 0.2) is 0 Å². The van der Waals surface area contributed by atoms with Crippen LogP contribution in [-0.4, -0.2) is 30.2 Å². The molecule has 0 bridgehead atoms. The number of carbonyl (C=O) groups is 1. The van der Waals surface area contributed by atoms with Crippen molar-refractivity contribution in [3.8, 4) is 0 Å². The molecule has 0 amide bonds. The van der Waals surface area contributed by atoms with Crippen molar-refractivity contribution in [2.24, 2.45) is 35.0 Å². The summed E-state index contributed by atoms with van der Waals surface area (Å²) < 4.78 is 32.6. The maximum atomic E-state index is 14.1. The molecule has 0 saturated heterocycles. The summed E-state index contributed by atoms with van der Waals surface area (Å²) in [6, 6.07) is 0. The largest absolute Gasteiger partial charge is 0.465 e. The Bertz CT molecular complexity index is 688. The van der Waals surface area contributed by atoms with Crippen molar-refractivity contribution in [1.29, 1.82) is 0 Å². The molecule has 31 heavy (non-hydrogen) atoms. The molecule has 3 aliphatic carbocycles. The third-order valence-corrected chi connectivity index (χ3v) is 8.83. The first-order chi connectivity index (χ1) is 14.6. The number of aliphatic hydroxyl groups is 1. The van der Waals surface area contributed by atoms with E-state index in [0.29, 0.717) is 17.8 Å². The number of methoxy groups -OCH3 is 1. The molecule has 0 aromatic rings. The second-order valence-corrected chi connectivity index (χ2v) is 10.6. The predicted octanol–water partition coefficient (Wildman–Crippen LogP) is 6.32. The number of esters is 1. The first kappa shape index (κ1) is 24.4. The van der Waals surface area contributed by atoms with E-state index in [1.54, 1.807) is 0 Å². The summed E-state index contributed by atoms with van der Waals surface area (Å²) in [5.74, 6) is -3.16. The fourth-order valence-corrected chi connectivity index (χ4v) is 6.98. The van der Waals surface area contributed by atoms with E-state index >= 15 is 0 Å². The van der Waals surface area contributed by atoms with Crippen molar-refractivity contribution in [2.75, 3.05) is 7.11 Å². The zero-order valence-corrected chi connectivity index (χ0v) is 19.4. The van der Waals surface area contributed by atoms with E-state index in [1.807, 2.05) is 13.0 Å². The molecule has 176 valence electrons. The number of allylic oxidation sites excluding steroid dienone is 2. The molecular formula is C26H40F2O3. The van der Waals surface area contributed by atoms with Crippen molar-refractivity contribution in [3.05, 3.63) is 24.3 Å². The predicted molar refractivity (Wildman–Crippen MR) is 119 cm³/mol. The highest BCUT2D eigenvalue weighted by molar-refractivity contribution is 5.77. The number of fused-ring (bicyclic) bond motifs is 1. The van der Waals surface area contributed by atoms with Gasteiger partial charge in [0.1, 0.15) is 0 Å². The highest BCUT2D eigenvalue weighted by Crippen LogP contribution is 2.58. The lowest BCUT2D eigenvalue weighted by atomic mass is 9.53. The van der Waals surface area contributed by atoms with Crippen molar-refractivity contribution in [2.45, 2.75) is 90.1 Å². The molecule has 0 unspecified atom stereocenters. The molecule has 0 aromatic heterocycles. The first-order valence-electron chi connectivity index (χ1n) is 12.1. The SMILES string of the molecule is C=CCC[C@H]1[C@H]([C@@H]2CC[C@H]([C@H](C)CC(F)(F)C(=O)OC)C2)CC=C2C[C@@H](O)CC[C@@]21C. The topological polar surface area (TPSA) is 46.5 Å². The van der Waals surface area contributed by atoms with Crippen molar-refractivity contribution in [1.82, 2.24) is 0 Å². The number of alkyl halides is 2. The van der Waals surface area contributed by atoms with E-state index in [0.717, 1.165) is 64.9 Å². The van der Waals surface area contributed by atoms with Crippen LogP contribution in [0.3, 0.4) is 0 Å².